The zero-order valence-electron chi connectivity index (χ0n) is 21.7. The molecule has 0 aliphatic carbocycles. The molecule has 0 aliphatic heterocycles. The molecule has 3 aromatic carbocycles. The van der Waals surface area contributed by atoms with Crippen molar-refractivity contribution >= 4 is 43.5 Å². The number of nitrogens with zero attached hydrogens (tertiary/aromatic N) is 2. The van der Waals surface area contributed by atoms with Crippen molar-refractivity contribution < 1.29 is 22.4 Å². The molecular formula is C28H31BrFN3O4S. The lowest BCUT2D eigenvalue weighted by Gasteiger charge is -2.32. The Morgan fingerprint density at radius 2 is 1.63 bits per heavy atom. The second-order valence-electron chi connectivity index (χ2n) is 9.26. The van der Waals surface area contributed by atoms with Gasteiger partial charge in [-0.25, -0.2) is 12.8 Å². The van der Waals surface area contributed by atoms with E-state index in [4.69, 9.17) is 0 Å². The zero-order valence-corrected chi connectivity index (χ0v) is 24.1. The molecule has 0 saturated heterocycles. The topological polar surface area (TPSA) is 86.8 Å². The predicted molar refractivity (Wildman–Crippen MR) is 150 cm³/mol. The second-order valence-corrected chi connectivity index (χ2v) is 12.0. The highest BCUT2D eigenvalue weighted by molar-refractivity contribution is 9.10. The fourth-order valence-corrected chi connectivity index (χ4v) is 5.59. The number of benzene rings is 3. The average Bonchev–Trinajstić information content (AvgIpc) is 2.86. The molecule has 0 fully saturated rings. The molecule has 0 aliphatic rings. The molecule has 0 unspecified atom stereocenters. The largest absolute Gasteiger partial charge is 0.352 e. The van der Waals surface area contributed by atoms with Crippen molar-refractivity contribution in [1.82, 2.24) is 10.2 Å². The lowest BCUT2D eigenvalue weighted by Crippen LogP contribution is -2.52. The third kappa shape index (κ3) is 7.20. The van der Waals surface area contributed by atoms with Crippen LogP contribution < -0.4 is 9.62 Å². The van der Waals surface area contributed by atoms with Crippen molar-refractivity contribution in [3.05, 3.63) is 94.2 Å². The van der Waals surface area contributed by atoms with Crippen LogP contribution in [-0.2, 0) is 26.2 Å². The Hall–Kier alpha value is -3.24. The van der Waals surface area contributed by atoms with Crippen LogP contribution in [0.3, 0.4) is 0 Å². The summed E-state index contributed by atoms with van der Waals surface area (Å²) >= 11 is 3.36. The van der Waals surface area contributed by atoms with Gasteiger partial charge >= 0.3 is 0 Å². The number of nitrogens with one attached hydrogen (secondary N) is 1. The first kappa shape index (κ1) is 29.3. The fourth-order valence-electron chi connectivity index (χ4n) is 3.80. The summed E-state index contributed by atoms with van der Waals surface area (Å²) in [6.45, 7) is 6.15. The number of hydrogen-bond donors (Lipinski definition) is 1. The van der Waals surface area contributed by atoms with E-state index < -0.39 is 40.2 Å². The van der Waals surface area contributed by atoms with Gasteiger partial charge in [-0.2, -0.15) is 0 Å². The Balaban J connectivity index is 2.04. The second kappa shape index (κ2) is 12.5. The summed E-state index contributed by atoms with van der Waals surface area (Å²) in [6, 6.07) is 17.7. The highest BCUT2D eigenvalue weighted by Crippen LogP contribution is 2.27. The molecule has 3 rings (SSSR count). The Labute approximate surface area is 231 Å². The SMILES string of the molecule is Cc1ccc(S(=O)(=O)N(CC(=O)N(Cc2ccccc2F)[C@@H](C)C(=O)NC(C)C)c2cccc(Br)c2)cc1. The Morgan fingerprint density at radius 1 is 0.974 bits per heavy atom. The quantitative estimate of drug-likeness (QED) is 0.352. The first-order valence-corrected chi connectivity index (χ1v) is 14.3. The standard InChI is InChI=1S/C28H31BrFN3O4S/c1-19(2)31-28(35)21(4)32(17-22-8-5-6-11-26(22)30)27(34)18-33(24-10-7-9-23(29)16-24)38(36,37)25-14-12-20(3)13-15-25/h5-16,19,21H,17-18H2,1-4H3,(H,31,35)/t21-/m0/s1. The van der Waals surface area contributed by atoms with Crippen LogP contribution in [0.1, 0.15) is 31.9 Å². The first-order valence-electron chi connectivity index (χ1n) is 12.1. The third-order valence-corrected chi connectivity index (χ3v) is 8.16. The van der Waals surface area contributed by atoms with Crippen molar-refractivity contribution in [1.29, 1.82) is 0 Å². The van der Waals surface area contributed by atoms with Gasteiger partial charge in [0.1, 0.15) is 18.4 Å². The average molecular weight is 605 g/mol. The Bertz CT molecular complexity index is 1400. The van der Waals surface area contributed by atoms with Gasteiger partial charge in [0.2, 0.25) is 11.8 Å². The maximum Gasteiger partial charge on any atom is 0.264 e. The summed E-state index contributed by atoms with van der Waals surface area (Å²) in [4.78, 5) is 27.9. The molecule has 3 aromatic rings. The molecule has 0 spiro atoms. The van der Waals surface area contributed by atoms with Gasteiger partial charge in [0.05, 0.1) is 10.6 Å². The minimum Gasteiger partial charge on any atom is -0.352 e. The van der Waals surface area contributed by atoms with Crippen molar-refractivity contribution in [2.75, 3.05) is 10.8 Å². The number of anilines is 1. The van der Waals surface area contributed by atoms with Crippen molar-refractivity contribution in [3.63, 3.8) is 0 Å². The zero-order chi connectivity index (χ0) is 28.0. The Kier molecular flexibility index (Phi) is 9.67. The maximum atomic E-state index is 14.6. The number of hydrogen-bond acceptors (Lipinski definition) is 4. The number of amides is 2. The smallest absolute Gasteiger partial charge is 0.264 e. The van der Waals surface area contributed by atoms with Crippen LogP contribution >= 0.6 is 15.9 Å². The number of carbonyl (C=O) groups excluding carboxylic acids is 2. The van der Waals surface area contributed by atoms with Crippen LogP contribution in [0.2, 0.25) is 0 Å². The summed E-state index contributed by atoms with van der Waals surface area (Å²) in [6.07, 6.45) is 0. The lowest BCUT2D eigenvalue weighted by molar-refractivity contribution is -0.139. The van der Waals surface area contributed by atoms with Gasteiger partial charge in [0.15, 0.2) is 0 Å². The molecule has 0 aromatic heterocycles. The summed E-state index contributed by atoms with van der Waals surface area (Å²) < 4.78 is 43.7. The summed E-state index contributed by atoms with van der Waals surface area (Å²) in [5.74, 6) is -1.62. The normalized spacial score (nSPS) is 12.2. The Morgan fingerprint density at radius 3 is 2.24 bits per heavy atom. The van der Waals surface area contributed by atoms with Crippen molar-refractivity contribution in [2.24, 2.45) is 0 Å². The van der Waals surface area contributed by atoms with E-state index in [0.717, 1.165) is 9.87 Å². The number of carbonyl (C=O) groups is 2. The van der Waals surface area contributed by atoms with E-state index in [9.17, 15) is 22.4 Å². The molecule has 1 N–H and O–H groups in total. The van der Waals surface area contributed by atoms with E-state index in [2.05, 4.69) is 21.2 Å². The predicted octanol–water partition coefficient (Wildman–Crippen LogP) is 5.03. The van der Waals surface area contributed by atoms with E-state index in [1.807, 2.05) is 6.92 Å². The van der Waals surface area contributed by atoms with E-state index in [0.29, 0.717) is 4.47 Å². The van der Waals surface area contributed by atoms with Gasteiger partial charge in [-0.05, 0) is 64.1 Å². The lowest BCUT2D eigenvalue weighted by atomic mass is 10.1. The van der Waals surface area contributed by atoms with Crippen molar-refractivity contribution in [3.8, 4) is 0 Å². The van der Waals surface area contributed by atoms with Gasteiger partial charge < -0.3 is 10.2 Å². The fraction of sp³-hybridized carbons (Fsp3) is 0.286. The van der Waals surface area contributed by atoms with Crippen LogP contribution in [0.4, 0.5) is 10.1 Å². The maximum absolute atomic E-state index is 14.6. The third-order valence-electron chi connectivity index (χ3n) is 5.88. The van der Waals surface area contributed by atoms with E-state index in [-0.39, 0.29) is 28.7 Å². The van der Waals surface area contributed by atoms with Gasteiger partial charge in [0, 0.05) is 22.6 Å². The van der Waals surface area contributed by atoms with Crippen LogP contribution in [0.5, 0.6) is 0 Å². The van der Waals surface area contributed by atoms with Gasteiger partial charge in [-0.1, -0.05) is 57.9 Å². The van der Waals surface area contributed by atoms with Gasteiger partial charge in [-0.15, -0.1) is 0 Å². The minimum atomic E-state index is -4.17. The molecule has 0 bridgehead atoms. The van der Waals surface area contributed by atoms with Crippen LogP contribution in [-0.4, -0.2) is 43.8 Å². The molecule has 1 atom stereocenters. The van der Waals surface area contributed by atoms with Gasteiger partial charge in [0.25, 0.3) is 10.0 Å². The molecule has 0 heterocycles. The highest BCUT2D eigenvalue weighted by Gasteiger charge is 2.33. The molecule has 10 heteroatoms. The highest BCUT2D eigenvalue weighted by atomic mass is 79.9. The van der Waals surface area contributed by atoms with E-state index in [1.54, 1.807) is 56.3 Å². The van der Waals surface area contributed by atoms with Crippen molar-refractivity contribution in [2.45, 2.75) is 51.2 Å². The molecule has 38 heavy (non-hydrogen) atoms. The summed E-state index contributed by atoms with van der Waals surface area (Å²) in [5.41, 5.74) is 1.36. The summed E-state index contributed by atoms with van der Waals surface area (Å²) in [5, 5.41) is 2.77. The number of sulfonamides is 1. The molecule has 202 valence electrons. The first-order chi connectivity index (χ1) is 17.9. The number of halogens is 2. The van der Waals surface area contributed by atoms with Gasteiger partial charge in [-0.3, -0.25) is 13.9 Å². The van der Waals surface area contributed by atoms with Crippen LogP contribution in [0, 0.1) is 12.7 Å². The molecular weight excluding hydrogens is 573 g/mol. The number of rotatable bonds is 10. The van der Waals surface area contributed by atoms with E-state index in [1.165, 1.54) is 42.2 Å². The molecule has 0 radical (unpaired) electrons. The van der Waals surface area contributed by atoms with Crippen LogP contribution in [0.25, 0.3) is 0 Å². The van der Waals surface area contributed by atoms with E-state index >= 15 is 0 Å². The monoisotopic (exact) mass is 603 g/mol. The van der Waals surface area contributed by atoms with Crippen LogP contribution in [0.15, 0.2) is 82.2 Å². The minimum absolute atomic E-state index is 0.0159. The molecule has 0 saturated carbocycles. The summed E-state index contributed by atoms with van der Waals surface area (Å²) in [7, 11) is -4.17. The molecule has 2 amide bonds. The number of aryl methyl sites for hydroxylation is 1. The molecule has 7 nitrogen and oxygen atoms in total.